The van der Waals surface area contributed by atoms with Crippen LogP contribution in [0.5, 0.6) is 0 Å². The van der Waals surface area contributed by atoms with Crippen molar-refractivity contribution in [3.05, 3.63) is 86.7 Å². The number of rotatable bonds is 5. The topological polar surface area (TPSA) is 90.0 Å². The second-order valence-electron chi connectivity index (χ2n) is 6.34. The summed E-state index contributed by atoms with van der Waals surface area (Å²) in [7, 11) is 0. The number of pyridine rings is 1. The molecule has 0 saturated carbocycles. The molecule has 0 aliphatic rings. The van der Waals surface area contributed by atoms with Crippen molar-refractivity contribution in [3.8, 4) is 22.8 Å². The summed E-state index contributed by atoms with van der Waals surface area (Å²) in [5, 5.41) is 7.09. The Kier molecular flexibility index (Phi) is 5.78. The number of carbonyl (C=O) groups is 1. The number of benzene rings is 2. The summed E-state index contributed by atoms with van der Waals surface area (Å²) in [6.07, 6.45) is 1.51. The molecule has 0 atom stereocenters. The molecular formula is C21H14BrClN4O3. The van der Waals surface area contributed by atoms with Gasteiger partial charge in [0.1, 0.15) is 6.54 Å². The van der Waals surface area contributed by atoms with Crippen LogP contribution in [0.3, 0.4) is 0 Å². The third kappa shape index (κ3) is 4.50. The first-order valence-corrected chi connectivity index (χ1v) is 10.0. The highest BCUT2D eigenvalue weighted by Crippen LogP contribution is 2.23. The van der Waals surface area contributed by atoms with Crippen LogP contribution in [-0.2, 0) is 11.3 Å². The maximum Gasteiger partial charge on any atom is 0.259 e. The van der Waals surface area contributed by atoms with Crippen LogP contribution in [0.2, 0.25) is 5.02 Å². The molecule has 1 N–H and O–H groups in total. The molecule has 7 nitrogen and oxygen atoms in total. The highest BCUT2D eigenvalue weighted by atomic mass is 79.9. The van der Waals surface area contributed by atoms with Gasteiger partial charge in [0.05, 0.1) is 16.3 Å². The smallest absolute Gasteiger partial charge is 0.259 e. The van der Waals surface area contributed by atoms with Crippen molar-refractivity contribution in [2.75, 3.05) is 5.32 Å². The molecule has 150 valence electrons. The molecule has 0 unspecified atom stereocenters. The number of amides is 1. The fourth-order valence-corrected chi connectivity index (χ4v) is 3.19. The number of halogens is 2. The van der Waals surface area contributed by atoms with Crippen LogP contribution >= 0.6 is 27.5 Å². The molecule has 0 aliphatic carbocycles. The Balaban J connectivity index is 1.55. The van der Waals surface area contributed by atoms with E-state index in [1.807, 2.05) is 24.3 Å². The van der Waals surface area contributed by atoms with Gasteiger partial charge in [0.15, 0.2) is 0 Å². The van der Waals surface area contributed by atoms with Gasteiger partial charge in [0.25, 0.3) is 11.4 Å². The molecule has 0 saturated heterocycles. The summed E-state index contributed by atoms with van der Waals surface area (Å²) in [5.74, 6) is 0.281. The summed E-state index contributed by atoms with van der Waals surface area (Å²) in [5.41, 5.74) is 1.46. The van der Waals surface area contributed by atoms with Gasteiger partial charge in [-0.05, 0) is 42.5 Å². The number of nitrogens with one attached hydrogen (secondary N) is 1. The quantitative estimate of drug-likeness (QED) is 0.445. The lowest BCUT2D eigenvalue weighted by Gasteiger charge is -2.09. The van der Waals surface area contributed by atoms with Gasteiger partial charge in [-0.2, -0.15) is 4.98 Å². The Morgan fingerprint density at radius 2 is 1.80 bits per heavy atom. The lowest BCUT2D eigenvalue weighted by molar-refractivity contribution is -0.116. The van der Waals surface area contributed by atoms with Gasteiger partial charge in [-0.1, -0.05) is 44.8 Å². The Morgan fingerprint density at radius 3 is 2.57 bits per heavy atom. The SMILES string of the molecule is O=C(Cn1cc(-c2nc(-c3ccc(Br)cc3)no2)ccc1=O)Nc1ccccc1Cl. The Labute approximate surface area is 184 Å². The van der Waals surface area contributed by atoms with Crippen molar-refractivity contribution in [3.63, 3.8) is 0 Å². The number of aromatic nitrogens is 3. The maximum atomic E-state index is 12.4. The van der Waals surface area contributed by atoms with Gasteiger partial charge in [0, 0.05) is 22.3 Å². The first-order chi connectivity index (χ1) is 14.5. The summed E-state index contributed by atoms with van der Waals surface area (Å²) < 4.78 is 7.55. The molecule has 1 amide bonds. The Hall–Kier alpha value is -3.23. The molecular weight excluding hydrogens is 472 g/mol. The highest BCUT2D eigenvalue weighted by Gasteiger charge is 2.13. The predicted octanol–water partition coefficient (Wildman–Crippen LogP) is 4.62. The average molecular weight is 486 g/mol. The van der Waals surface area contributed by atoms with E-state index in [-0.39, 0.29) is 23.9 Å². The summed E-state index contributed by atoms with van der Waals surface area (Å²) in [6.45, 7) is -0.189. The molecule has 2 aromatic carbocycles. The third-order valence-corrected chi connectivity index (χ3v) is 5.08. The molecule has 2 aromatic heterocycles. The fraction of sp³-hybridized carbons (Fsp3) is 0.0476. The molecule has 0 fully saturated rings. The van der Waals surface area contributed by atoms with Crippen LogP contribution in [0.4, 0.5) is 5.69 Å². The minimum Gasteiger partial charge on any atom is -0.334 e. The van der Waals surface area contributed by atoms with E-state index in [4.69, 9.17) is 16.1 Å². The Morgan fingerprint density at radius 1 is 1.07 bits per heavy atom. The van der Waals surface area contributed by atoms with Gasteiger partial charge in [-0.3, -0.25) is 9.59 Å². The number of carbonyl (C=O) groups excluding carboxylic acids is 1. The number of hydrogen-bond donors (Lipinski definition) is 1. The van der Waals surface area contributed by atoms with E-state index < -0.39 is 0 Å². The van der Waals surface area contributed by atoms with Gasteiger partial charge in [-0.15, -0.1) is 0 Å². The molecule has 0 bridgehead atoms. The van der Waals surface area contributed by atoms with E-state index in [2.05, 4.69) is 31.4 Å². The summed E-state index contributed by atoms with van der Waals surface area (Å²) in [4.78, 5) is 29.0. The van der Waals surface area contributed by atoms with Crippen molar-refractivity contribution in [2.45, 2.75) is 6.54 Å². The summed E-state index contributed by atoms with van der Waals surface area (Å²) in [6, 6.07) is 17.3. The average Bonchev–Trinajstić information content (AvgIpc) is 3.22. The van der Waals surface area contributed by atoms with Crippen molar-refractivity contribution in [1.82, 2.24) is 14.7 Å². The molecule has 30 heavy (non-hydrogen) atoms. The molecule has 0 aliphatic heterocycles. The fourth-order valence-electron chi connectivity index (χ4n) is 2.75. The van der Waals surface area contributed by atoms with E-state index in [1.54, 1.807) is 30.3 Å². The van der Waals surface area contributed by atoms with E-state index in [1.165, 1.54) is 16.8 Å². The summed E-state index contributed by atoms with van der Waals surface area (Å²) >= 11 is 9.44. The first kappa shape index (κ1) is 20.1. The second kappa shape index (κ2) is 8.64. The van der Waals surface area contributed by atoms with E-state index >= 15 is 0 Å². The van der Waals surface area contributed by atoms with Gasteiger partial charge >= 0.3 is 0 Å². The number of nitrogens with zero attached hydrogens (tertiary/aromatic N) is 3. The predicted molar refractivity (Wildman–Crippen MR) is 117 cm³/mol. The minimum atomic E-state index is -0.386. The Bertz CT molecular complexity index is 1270. The minimum absolute atomic E-state index is 0.189. The monoisotopic (exact) mass is 484 g/mol. The van der Waals surface area contributed by atoms with Crippen molar-refractivity contribution < 1.29 is 9.32 Å². The molecule has 0 spiro atoms. The zero-order valence-electron chi connectivity index (χ0n) is 15.4. The van der Waals surface area contributed by atoms with E-state index in [0.29, 0.717) is 22.1 Å². The number of para-hydroxylation sites is 1. The zero-order valence-corrected chi connectivity index (χ0v) is 17.7. The van der Waals surface area contributed by atoms with E-state index in [9.17, 15) is 9.59 Å². The normalized spacial score (nSPS) is 10.7. The van der Waals surface area contributed by atoms with Crippen molar-refractivity contribution >= 4 is 39.1 Å². The van der Waals surface area contributed by atoms with Crippen molar-refractivity contribution in [2.24, 2.45) is 0 Å². The zero-order chi connectivity index (χ0) is 21.1. The van der Waals surface area contributed by atoms with Crippen LogP contribution in [0, 0.1) is 0 Å². The van der Waals surface area contributed by atoms with Crippen LogP contribution < -0.4 is 10.9 Å². The highest BCUT2D eigenvalue weighted by molar-refractivity contribution is 9.10. The van der Waals surface area contributed by atoms with Crippen LogP contribution in [0.25, 0.3) is 22.8 Å². The largest absolute Gasteiger partial charge is 0.334 e. The van der Waals surface area contributed by atoms with Gasteiger partial charge in [-0.25, -0.2) is 0 Å². The van der Waals surface area contributed by atoms with Gasteiger partial charge in [0.2, 0.25) is 11.7 Å². The van der Waals surface area contributed by atoms with Crippen LogP contribution in [0.15, 0.2) is 80.7 Å². The lowest BCUT2D eigenvalue weighted by atomic mass is 10.2. The lowest BCUT2D eigenvalue weighted by Crippen LogP contribution is -2.26. The van der Waals surface area contributed by atoms with E-state index in [0.717, 1.165) is 10.0 Å². The number of anilines is 1. The van der Waals surface area contributed by atoms with Crippen LogP contribution in [-0.4, -0.2) is 20.6 Å². The number of hydrogen-bond acceptors (Lipinski definition) is 5. The second-order valence-corrected chi connectivity index (χ2v) is 7.66. The van der Waals surface area contributed by atoms with Gasteiger partial charge < -0.3 is 14.4 Å². The molecule has 9 heteroatoms. The van der Waals surface area contributed by atoms with Crippen LogP contribution in [0.1, 0.15) is 0 Å². The standard InChI is InChI=1S/C21H14BrClN4O3/c22-15-8-5-13(6-9-15)20-25-21(30-26-20)14-7-10-19(29)27(11-14)12-18(28)24-17-4-2-1-3-16(17)23/h1-11H,12H2,(H,24,28). The molecule has 4 aromatic rings. The third-order valence-electron chi connectivity index (χ3n) is 4.22. The molecule has 4 rings (SSSR count). The maximum absolute atomic E-state index is 12.4. The molecule has 0 radical (unpaired) electrons. The first-order valence-electron chi connectivity index (χ1n) is 8.84. The van der Waals surface area contributed by atoms with Crippen molar-refractivity contribution in [1.29, 1.82) is 0 Å². The molecule has 2 heterocycles.